The molecule has 0 aliphatic heterocycles. The van der Waals surface area contributed by atoms with Crippen molar-refractivity contribution < 1.29 is 0 Å². The molecule has 84 valence electrons. The van der Waals surface area contributed by atoms with Gasteiger partial charge in [0.2, 0.25) is 0 Å². The van der Waals surface area contributed by atoms with Gasteiger partial charge < -0.3 is 0 Å². The van der Waals surface area contributed by atoms with E-state index >= 15 is 0 Å². The number of hydrogen-bond acceptors (Lipinski definition) is 0. The lowest BCUT2D eigenvalue weighted by molar-refractivity contribution is 0.894. The van der Waals surface area contributed by atoms with Gasteiger partial charge in [0.1, 0.15) is 0 Å². The second-order valence-electron chi connectivity index (χ2n) is 4.48. The molecule has 2 aromatic rings. The van der Waals surface area contributed by atoms with Crippen molar-refractivity contribution in [3.63, 3.8) is 0 Å². The Balaban J connectivity index is 2.74. The van der Waals surface area contributed by atoms with Gasteiger partial charge >= 0.3 is 0 Å². The number of hydrogen-bond donors (Lipinski definition) is 0. The number of fused-ring (bicyclic) bond motifs is 1. The summed E-state index contributed by atoms with van der Waals surface area (Å²) in [5.74, 6) is 0. The molecule has 0 radical (unpaired) electrons. The summed E-state index contributed by atoms with van der Waals surface area (Å²) in [4.78, 5) is 0. The molecule has 0 fully saturated rings. The van der Waals surface area contributed by atoms with E-state index in [1.54, 1.807) is 11.1 Å². The normalized spacial score (nSPS) is 10.9. The van der Waals surface area contributed by atoms with Gasteiger partial charge in [-0.15, -0.1) is 0 Å². The highest BCUT2D eigenvalue weighted by molar-refractivity contribution is 5.87. The van der Waals surface area contributed by atoms with Crippen LogP contribution in [0.3, 0.4) is 0 Å². The molecule has 16 heavy (non-hydrogen) atoms. The van der Waals surface area contributed by atoms with Gasteiger partial charge in [0.15, 0.2) is 0 Å². The van der Waals surface area contributed by atoms with Gasteiger partial charge in [-0.05, 0) is 47.2 Å². The molecular formula is C16H20. The van der Waals surface area contributed by atoms with Crippen molar-refractivity contribution in [3.05, 3.63) is 47.0 Å². The number of benzene rings is 2. The quantitative estimate of drug-likeness (QED) is 0.694. The van der Waals surface area contributed by atoms with Crippen LogP contribution in [0.25, 0.3) is 10.8 Å². The summed E-state index contributed by atoms with van der Waals surface area (Å²) in [6.45, 7) is 6.77. The van der Waals surface area contributed by atoms with E-state index in [4.69, 9.17) is 0 Å². The second-order valence-corrected chi connectivity index (χ2v) is 4.48. The minimum Gasteiger partial charge on any atom is -0.0651 e. The fourth-order valence-corrected chi connectivity index (χ4v) is 2.62. The smallest absolute Gasteiger partial charge is 0.0149 e. The van der Waals surface area contributed by atoms with E-state index in [0.717, 1.165) is 6.42 Å². The van der Waals surface area contributed by atoms with E-state index in [1.165, 1.54) is 29.2 Å². The molecule has 0 bridgehead atoms. The van der Waals surface area contributed by atoms with Crippen LogP contribution < -0.4 is 0 Å². The summed E-state index contributed by atoms with van der Waals surface area (Å²) in [5, 5.41) is 2.83. The average Bonchev–Trinajstić information content (AvgIpc) is 2.30. The first-order chi connectivity index (χ1) is 7.77. The molecule has 0 saturated carbocycles. The SMILES string of the molecule is CCCc1c(C)cc2ccccc2c1CC. The largest absolute Gasteiger partial charge is 0.0651 e. The van der Waals surface area contributed by atoms with Crippen LogP contribution in [0.4, 0.5) is 0 Å². The van der Waals surface area contributed by atoms with Crippen LogP contribution in [-0.4, -0.2) is 0 Å². The lowest BCUT2D eigenvalue weighted by Crippen LogP contribution is -1.97. The van der Waals surface area contributed by atoms with Crippen LogP contribution >= 0.6 is 0 Å². The van der Waals surface area contributed by atoms with E-state index in [-0.39, 0.29) is 0 Å². The van der Waals surface area contributed by atoms with Crippen LogP contribution in [0.5, 0.6) is 0 Å². The molecule has 0 saturated heterocycles. The van der Waals surface area contributed by atoms with Crippen molar-refractivity contribution in [2.24, 2.45) is 0 Å². The maximum atomic E-state index is 2.33. The molecule has 0 heteroatoms. The van der Waals surface area contributed by atoms with Crippen molar-refractivity contribution in [1.29, 1.82) is 0 Å². The predicted molar refractivity (Wildman–Crippen MR) is 72.1 cm³/mol. The van der Waals surface area contributed by atoms with Crippen LogP contribution in [0.1, 0.15) is 37.0 Å². The minimum absolute atomic E-state index is 1.14. The molecule has 2 aromatic carbocycles. The monoisotopic (exact) mass is 212 g/mol. The summed E-state index contributed by atoms with van der Waals surface area (Å²) >= 11 is 0. The summed E-state index contributed by atoms with van der Waals surface area (Å²) < 4.78 is 0. The highest BCUT2D eigenvalue weighted by Crippen LogP contribution is 2.27. The molecule has 2 rings (SSSR count). The van der Waals surface area contributed by atoms with Gasteiger partial charge in [-0.25, -0.2) is 0 Å². The van der Waals surface area contributed by atoms with Crippen molar-refractivity contribution in [2.45, 2.75) is 40.0 Å². The summed E-state index contributed by atoms with van der Waals surface area (Å²) in [5.41, 5.74) is 4.58. The molecular weight excluding hydrogens is 192 g/mol. The summed E-state index contributed by atoms with van der Waals surface area (Å²) in [6.07, 6.45) is 3.57. The molecule has 0 nitrogen and oxygen atoms in total. The first-order valence-electron chi connectivity index (χ1n) is 6.28. The Labute approximate surface area is 98.3 Å². The van der Waals surface area contributed by atoms with Crippen LogP contribution in [0.15, 0.2) is 30.3 Å². The topological polar surface area (TPSA) is 0 Å². The molecule has 0 aromatic heterocycles. The Hall–Kier alpha value is -1.30. The van der Waals surface area contributed by atoms with Gasteiger partial charge in [0.05, 0.1) is 0 Å². The zero-order valence-corrected chi connectivity index (χ0v) is 10.5. The van der Waals surface area contributed by atoms with E-state index in [9.17, 15) is 0 Å². The summed E-state index contributed by atoms with van der Waals surface area (Å²) in [7, 11) is 0. The third-order valence-electron chi connectivity index (χ3n) is 3.35. The molecule has 0 unspecified atom stereocenters. The van der Waals surface area contributed by atoms with Crippen molar-refractivity contribution in [1.82, 2.24) is 0 Å². The van der Waals surface area contributed by atoms with Gasteiger partial charge in [-0.3, -0.25) is 0 Å². The Kier molecular flexibility index (Phi) is 3.28. The molecule has 0 aliphatic rings. The minimum atomic E-state index is 1.14. The Morgan fingerprint density at radius 2 is 1.75 bits per heavy atom. The Morgan fingerprint density at radius 3 is 2.44 bits per heavy atom. The molecule has 0 amide bonds. The Morgan fingerprint density at radius 1 is 1.00 bits per heavy atom. The fraction of sp³-hybridized carbons (Fsp3) is 0.375. The molecule has 0 aliphatic carbocycles. The zero-order chi connectivity index (χ0) is 11.5. The van der Waals surface area contributed by atoms with Crippen LogP contribution in [0.2, 0.25) is 0 Å². The van der Waals surface area contributed by atoms with Gasteiger partial charge in [0, 0.05) is 0 Å². The lowest BCUT2D eigenvalue weighted by Gasteiger charge is -2.14. The average molecular weight is 212 g/mol. The third kappa shape index (κ3) is 1.84. The standard InChI is InChI=1S/C16H20/c1-4-8-15-12(3)11-13-9-6-7-10-16(13)14(15)5-2/h6-7,9-11H,4-5,8H2,1-3H3. The van der Waals surface area contributed by atoms with Crippen molar-refractivity contribution in [3.8, 4) is 0 Å². The highest BCUT2D eigenvalue weighted by atomic mass is 14.1. The van der Waals surface area contributed by atoms with Crippen molar-refractivity contribution in [2.75, 3.05) is 0 Å². The number of aryl methyl sites for hydroxylation is 2. The first-order valence-corrected chi connectivity index (χ1v) is 6.28. The highest BCUT2D eigenvalue weighted by Gasteiger charge is 2.08. The fourth-order valence-electron chi connectivity index (χ4n) is 2.62. The lowest BCUT2D eigenvalue weighted by atomic mass is 9.91. The van der Waals surface area contributed by atoms with E-state index in [0.29, 0.717) is 0 Å². The molecule has 0 N–H and O–H groups in total. The van der Waals surface area contributed by atoms with Gasteiger partial charge in [-0.1, -0.05) is 50.6 Å². The second kappa shape index (κ2) is 4.69. The van der Waals surface area contributed by atoms with E-state index in [2.05, 4.69) is 51.1 Å². The van der Waals surface area contributed by atoms with Crippen molar-refractivity contribution >= 4 is 10.8 Å². The maximum Gasteiger partial charge on any atom is -0.0149 e. The number of rotatable bonds is 3. The summed E-state index contributed by atoms with van der Waals surface area (Å²) in [6, 6.07) is 11.1. The molecule has 0 spiro atoms. The molecule has 0 atom stereocenters. The predicted octanol–water partition coefficient (Wildman–Crippen LogP) is 4.66. The Bertz CT molecular complexity index is 495. The van der Waals surface area contributed by atoms with E-state index < -0.39 is 0 Å². The first kappa shape index (κ1) is 11.2. The van der Waals surface area contributed by atoms with Gasteiger partial charge in [0.25, 0.3) is 0 Å². The van der Waals surface area contributed by atoms with Crippen LogP contribution in [0, 0.1) is 6.92 Å². The zero-order valence-electron chi connectivity index (χ0n) is 10.5. The molecule has 0 heterocycles. The maximum absolute atomic E-state index is 2.33. The third-order valence-corrected chi connectivity index (χ3v) is 3.35. The van der Waals surface area contributed by atoms with E-state index in [1.807, 2.05) is 0 Å². The van der Waals surface area contributed by atoms with Crippen LogP contribution in [-0.2, 0) is 12.8 Å². The van der Waals surface area contributed by atoms with Gasteiger partial charge in [-0.2, -0.15) is 0 Å².